The maximum atomic E-state index is 13.1. The second kappa shape index (κ2) is 10.9. The van der Waals surface area contributed by atoms with Gasteiger partial charge < -0.3 is 24.5 Å². The second-order valence-electron chi connectivity index (χ2n) is 7.04. The van der Waals surface area contributed by atoms with Gasteiger partial charge in [0, 0.05) is 5.69 Å². The number of carbonyl (C=O) groups excluding carboxylic acids is 2. The summed E-state index contributed by atoms with van der Waals surface area (Å²) in [6.07, 6.45) is 0. The number of aromatic nitrogens is 3. The number of esters is 1. The Labute approximate surface area is 202 Å². The number of amides is 2. The average molecular weight is 494 g/mol. The van der Waals surface area contributed by atoms with Crippen LogP contribution < -0.4 is 26.3 Å². The normalized spacial score (nSPS) is 10.5. The number of anilines is 3. The van der Waals surface area contributed by atoms with E-state index in [-0.39, 0.29) is 42.4 Å². The molecule has 36 heavy (non-hydrogen) atoms. The molecule has 2 heterocycles. The molecule has 3 N–H and O–H groups in total. The third-order valence-electron chi connectivity index (χ3n) is 4.45. The average Bonchev–Trinajstić information content (AvgIpc) is 2.84. The summed E-state index contributed by atoms with van der Waals surface area (Å²) in [7, 11) is 0. The van der Waals surface area contributed by atoms with E-state index in [1.165, 1.54) is 24.3 Å². The molecular formula is C23H19FN6O6. The first-order valence-electron chi connectivity index (χ1n) is 10.6. The van der Waals surface area contributed by atoms with Gasteiger partial charge >= 0.3 is 23.6 Å². The van der Waals surface area contributed by atoms with Gasteiger partial charge in [-0.2, -0.15) is 15.0 Å². The Balaban J connectivity index is 1.60. The van der Waals surface area contributed by atoms with Crippen molar-refractivity contribution < 1.29 is 27.9 Å². The number of hydrogen-bond acceptors (Lipinski definition) is 10. The van der Waals surface area contributed by atoms with Crippen molar-refractivity contribution in [2.45, 2.75) is 6.92 Å². The molecule has 12 nitrogen and oxygen atoms in total. The number of rotatable bonds is 8. The number of fused-ring (bicyclic) bond motifs is 1. The Bertz CT molecular complexity index is 1460. The fraction of sp³-hybridized carbons (Fsp3) is 0.130. The summed E-state index contributed by atoms with van der Waals surface area (Å²) < 4.78 is 28.8. The first-order chi connectivity index (χ1) is 17.4. The molecule has 0 atom stereocenters. The van der Waals surface area contributed by atoms with Crippen LogP contribution in [0.5, 0.6) is 11.8 Å². The molecule has 0 bridgehead atoms. The van der Waals surface area contributed by atoms with E-state index < -0.39 is 23.4 Å². The first-order valence-corrected chi connectivity index (χ1v) is 10.6. The summed E-state index contributed by atoms with van der Waals surface area (Å²) in [5, 5.41) is 8.05. The SMILES string of the molecule is CCOC(=O)CNc1nc(NC(=O)Nc2ccc(F)cc2)nc(Oc2cc(=O)oc3ccccc23)n1. The number of urea groups is 1. The predicted octanol–water partition coefficient (Wildman–Crippen LogP) is 3.53. The lowest BCUT2D eigenvalue weighted by Gasteiger charge is -2.11. The lowest BCUT2D eigenvalue weighted by Crippen LogP contribution is -2.22. The molecule has 2 aromatic carbocycles. The Morgan fingerprint density at radius 1 is 1.00 bits per heavy atom. The molecule has 2 aromatic heterocycles. The Hall–Kier alpha value is -5.07. The number of hydrogen-bond donors (Lipinski definition) is 3. The predicted molar refractivity (Wildman–Crippen MR) is 127 cm³/mol. The van der Waals surface area contributed by atoms with Crippen LogP contribution in [0.15, 0.2) is 63.8 Å². The summed E-state index contributed by atoms with van der Waals surface area (Å²) >= 11 is 0. The van der Waals surface area contributed by atoms with Crippen LogP contribution in [-0.4, -0.2) is 40.1 Å². The Morgan fingerprint density at radius 2 is 1.75 bits per heavy atom. The van der Waals surface area contributed by atoms with Crippen LogP contribution in [-0.2, 0) is 9.53 Å². The van der Waals surface area contributed by atoms with Crippen molar-refractivity contribution in [1.82, 2.24) is 15.0 Å². The van der Waals surface area contributed by atoms with Gasteiger partial charge in [-0.3, -0.25) is 10.1 Å². The van der Waals surface area contributed by atoms with E-state index in [4.69, 9.17) is 13.9 Å². The van der Waals surface area contributed by atoms with Gasteiger partial charge in [-0.25, -0.2) is 14.0 Å². The molecule has 0 saturated heterocycles. The van der Waals surface area contributed by atoms with Crippen molar-refractivity contribution in [2.24, 2.45) is 0 Å². The lowest BCUT2D eigenvalue weighted by molar-refractivity contribution is -0.140. The molecule has 0 aliphatic carbocycles. The van der Waals surface area contributed by atoms with Gasteiger partial charge in [0.25, 0.3) is 0 Å². The minimum Gasteiger partial charge on any atom is -0.465 e. The molecule has 13 heteroatoms. The van der Waals surface area contributed by atoms with Crippen molar-refractivity contribution in [3.8, 4) is 11.8 Å². The minimum atomic E-state index is -0.735. The van der Waals surface area contributed by atoms with Crippen molar-refractivity contribution in [3.05, 3.63) is 70.8 Å². The third-order valence-corrected chi connectivity index (χ3v) is 4.45. The Kier molecular flexibility index (Phi) is 7.29. The minimum absolute atomic E-state index is 0.103. The van der Waals surface area contributed by atoms with Crippen LogP contribution in [0.3, 0.4) is 0 Å². The molecule has 0 spiro atoms. The van der Waals surface area contributed by atoms with Crippen molar-refractivity contribution >= 4 is 40.6 Å². The molecule has 0 unspecified atom stereocenters. The summed E-state index contributed by atoms with van der Waals surface area (Å²) in [5.74, 6) is -1.27. The topological polar surface area (TPSA) is 158 Å². The summed E-state index contributed by atoms with van der Waals surface area (Å²) in [6.45, 7) is 1.58. The quantitative estimate of drug-likeness (QED) is 0.244. The highest BCUT2D eigenvalue weighted by molar-refractivity contribution is 5.98. The smallest absolute Gasteiger partial charge is 0.339 e. The highest BCUT2D eigenvalue weighted by Gasteiger charge is 2.15. The van der Waals surface area contributed by atoms with Crippen LogP contribution in [0.2, 0.25) is 0 Å². The zero-order valence-electron chi connectivity index (χ0n) is 18.8. The molecule has 184 valence electrons. The van der Waals surface area contributed by atoms with Crippen LogP contribution in [0.1, 0.15) is 6.92 Å². The number of halogens is 1. The third kappa shape index (κ3) is 6.28. The molecule has 0 saturated carbocycles. The standard InChI is InChI=1S/C23H19FN6O6/c1-2-34-19(32)12-25-20-27-21(28-22(33)26-14-9-7-13(24)8-10-14)30-23(29-20)36-17-11-18(31)35-16-6-4-3-5-15(16)17/h3-11H,2,12H2,1H3,(H3,25,26,27,28,29,30,33). The van der Waals surface area contributed by atoms with E-state index in [0.717, 1.165) is 6.07 Å². The van der Waals surface area contributed by atoms with E-state index in [9.17, 15) is 18.8 Å². The first kappa shape index (κ1) is 24.1. The van der Waals surface area contributed by atoms with Gasteiger partial charge in [-0.1, -0.05) is 12.1 Å². The second-order valence-corrected chi connectivity index (χ2v) is 7.04. The van der Waals surface area contributed by atoms with E-state index in [0.29, 0.717) is 11.1 Å². The van der Waals surface area contributed by atoms with Gasteiger partial charge in [-0.05, 0) is 43.3 Å². The summed E-state index contributed by atoms with van der Waals surface area (Å²) in [4.78, 5) is 48.3. The van der Waals surface area contributed by atoms with E-state index >= 15 is 0 Å². The van der Waals surface area contributed by atoms with Crippen LogP contribution in [0.25, 0.3) is 11.0 Å². The van der Waals surface area contributed by atoms with E-state index in [1.807, 2.05) is 0 Å². The zero-order valence-corrected chi connectivity index (χ0v) is 18.8. The van der Waals surface area contributed by atoms with Gasteiger partial charge in [0.05, 0.1) is 18.1 Å². The molecular weight excluding hydrogens is 475 g/mol. The summed E-state index contributed by atoms with van der Waals surface area (Å²) in [5.41, 5.74) is -0.0512. The van der Waals surface area contributed by atoms with Crippen LogP contribution in [0.4, 0.5) is 26.8 Å². The van der Waals surface area contributed by atoms with Crippen LogP contribution in [0, 0.1) is 5.82 Å². The largest absolute Gasteiger partial charge is 0.465 e. The monoisotopic (exact) mass is 494 g/mol. The van der Waals surface area contributed by atoms with Crippen LogP contribution >= 0.6 is 0 Å². The summed E-state index contributed by atoms with van der Waals surface area (Å²) in [6, 6.07) is 11.9. The zero-order chi connectivity index (χ0) is 25.5. The van der Waals surface area contributed by atoms with Crippen molar-refractivity contribution in [1.29, 1.82) is 0 Å². The number of nitrogens with zero attached hydrogens (tertiary/aromatic N) is 3. The fourth-order valence-electron chi connectivity index (χ4n) is 2.96. The lowest BCUT2D eigenvalue weighted by atomic mass is 10.2. The van der Waals surface area contributed by atoms with Gasteiger partial charge in [0.15, 0.2) is 0 Å². The number of nitrogens with one attached hydrogen (secondary N) is 3. The molecule has 0 fully saturated rings. The molecule has 0 radical (unpaired) electrons. The molecule has 2 amide bonds. The number of ether oxygens (including phenoxy) is 2. The molecule has 4 aromatic rings. The van der Waals surface area contributed by atoms with Gasteiger partial charge in [0.2, 0.25) is 11.9 Å². The van der Waals surface area contributed by atoms with Crippen molar-refractivity contribution in [2.75, 3.05) is 29.1 Å². The fourth-order valence-corrected chi connectivity index (χ4v) is 2.96. The highest BCUT2D eigenvalue weighted by atomic mass is 19.1. The van der Waals surface area contributed by atoms with E-state index in [2.05, 4.69) is 30.9 Å². The number of benzene rings is 2. The van der Waals surface area contributed by atoms with Gasteiger partial charge in [-0.15, -0.1) is 0 Å². The number of para-hydroxylation sites is 1. The molecule has 4 rings (SSSR count). The van der Waals surface area contributed by atoms with Gasteiger partial charge in [0.1, 0.15) is 23.7 Å². The maximum Gasteiger partial charge on any atom is 0.339 e. The highest BCUT2D eigenvalue weighted by Crippen LogP contribution is 2.27. The molecule has 0 aliphatic heterocycles. The maximum absolute atomic E-state index is 13.1. The Morgan fingerprint density at radius 3 is 2.53 bits per heavy atom. The van der Waals surface area contributed by atoms with E-state index in [1.54, 1.807) is 31.2 Å². The number of carbonyl (C=O) groups is 2. The van der Waals surface area contributed by atoms with Crippen molar-refractivity contribution in [3.63, 3.8) is 0 Å². The molecule has 0 aliphatic rings.